The van der Waals surface area contributed by atoms with E-state index in [-0.39, 0.29) is 0 Å². The molecule has 0 saturated heterocycles. The van der Waals surface area contributed by atoms with Gasteiger partial charge in [0.05, 0.1) is 12.0 Å². The molecule has 1 aliphatic carbocycles. The summed E-state index contributed by atoms with van der Waals surface area (Å²) in [6.07, 6.45) is 9.37. The molecule has 3 nitrogen and oxygen atoms in total. The summed E-state index contributed by atoms with van der Waals surface area (Å²) in [4.78, 5) is 4.21. The lowest BCUT2D eigenvalue weighted by molar-refractivity contribution is 0.492. The van der Waals surface area contributed by atoms with Gasteiger partial charge in [0, 0.05) is 24.8 Å². The number of nitrogens with one attached hydrogen (secondary N) is 1. The number of nitrogens with zero attached hydrogens (tertiary/aromatic N) is 2. The minimum Gasteiger partial charge on any atom is -0.331 e. The van der Waals surface area contributed by atoms with Crippen LogP contribution in [0.4, 0.5) is 0 Å². The average Bonchev–Trinajstić information content (AvgIpc) is 2.86. The maximum Gasteiger partial charge on any atom is 0.0951 e. The van der Waals surface area contributed by atoms with Crippen molar-refractivity contribution in [3.8, 4) is 0 Å². The fourth-order valence-corrected chi connectivity index (χ4v) is 2.31. The third-order valence-electron chi connectivity index (χ3n) is 3.23. The Morgan fingerprint density at radius 3 is 2.87 bits per heavy atom. The van der Waals surface area contributed by atoms with Crippen LogP contribution in [0.2, 0.25) is 0 Å². The van der Waals surface area contributed by atoms with Gasteiger partial charge < -0.3 is 9.88 Å². The maximum absolute atomic E-state index is 4.21. The molecule has 0 spiro atoms. The van der Waals surface area contributed by atoms with Gasteiger partial charge in [-0.25, -0.2) is 4.98 Å². The molecule has 1 aromatic rings. The van der Waals surface area contributed by atoms with Crippen LogP contribution in [-0.2, 0) is 6.54 Å². The van der Waals surface area contributed by atoms with Crippen LogP contribution < -0.4 is 5.32 Å². The van der Waals surface area contributed by atoms with Crippen LogP contribution in [0.5, 0.6) is 0 Å². The SMILES string of the molecule is CC(C)n1cncc1CNC1CCCC1. The van der Waals surface area contributed by atoms with Gasteiger partial charge in [0.1, 0.15) is 0 Å². The van der Waals surface area contributed by atoms with Gasteiger partial charge in [0.2, 0.25) is 0 Å². The standard InChI is InChI=1S/C12H21N3/c1-10(2)15-9-13-7-12(15)8-14-11-5-3-4-6-11/h7,9-11,14H,3-6,8H2,1-2H3. The summed E-state index contributed by atoms with van der Waals surface area (Å²) >= 11 is 0. The summed E-state index contributed by atoms with van der Waals surface area (Å²) in [5.41, 5.74) is 1.30. The van der Waals surface area contributed by atoms with E-state index < -0.39 is 0 Å². The van der Waals surface area contributed by atoms with Gasteiger partial charge in [-0.2, -0.15) is 0 Å². The first-order chi connectivity index (χ1) is 7.27. The molecule has 0 aromatic carbocycles. The highest BCUT2D eigenvalue weighted by Gasteiger charge is 2.14. The van der Waals surface area contributed by atoms with E-state index in [9.17, 15) is 0 Å². The molecular formula is C12H21N3. The second kappa shape index (κ2) is 4.79. The Kier molecular flexibility index (Phi) is 3.41. The Labute approximate surface area is 91.9 Å². The Morgan fingerprint density at radius 1 is 1.47 bits per heavy atom. The molecule has 0 radical (unpaired) electrons. The van der Waals surface area contributed by atoms with Crippen molar-refractivity contribution in [2.75, 3.05) is 0 Å². The molecule has 1 fully saturated rings. The largest absolute Gasteiger partial charge is 0.331 e. The quantitative estimate of drug-likeness (QED) is 0.822. The molecule has 84 valence electrons. The van der Waals surface area contributed by atoms with Crippen LogP contribution in [-0.4, -0.2) is 15.6 Å². The molecule has 1 aromatic heterocycles. The van der Waals surface area contributed by atoms with Crippen molar-refractivity contribution >= 4 is 0 Å². The molecule has 3 heteroatoms. The van der Waals surface area contributed by atoms with E-state index in [1.807, 2.05) is 12.5 Å². The highest BCUT2D eigenvalue weighted by atomic mass is 15.1. The molecule has 2 rings (SSSR count). The average molecular weight is 207 g/mol. The molecule has 0 aliphatic heterocycles. The number of hydrogen-bond acceptors (Lipinski definition) is 2. The van der Waals surface area contributed by atoms with Crippen molar-refractivity contribution in [1.82, 2.24) is 14.9 Å². The zero-order chi connectivity index (χ0) is 10.7. The van der Waals surface area contributed by atoms with Crippen LogP contribution in [0.1, 0.15) is 51.3 Å². The van der Waals surface area contributed by atoms with Gasteiger partial charge in [0.15, 0.2) is 0 Å². The van der Waals surface area contributed by atoms with E-state index in [0.29, 0.717) is 6.04 Å². The summed E-state index contributed by atoms with van der Waals surface area (Å²) in [5, 5.41) is 3.62. The van der Waals surface area contributed by atoms with Gasteiger partial charge in [-0.05, 0) is 26.7 Å². The smallest absolute Gasteiger partial charge is 0.0951 e. The molecule has 1 saturated carbocycles. The summed E-state index contributed by atoms with van der Waals surface area (Å²) in [6.45, 7) is 5.35. The summed E-state index contributed by atoms with van der Waals surface area (Å²) in [6, 6.07) is 1.24. The molecule has 0 bridgehead atoms. The van der Waals surface area contributed by atoms with Crippen molar-refractivity contribution < 1.29 is 0 Å². The van der Waals surface area contributed by atoms with Crippen LogP contribution in [0.3, 0.4) is 0 Å². The van der Waals surface area contributed by atoms with Crippen LogP contribution in [0.15, 0.2) is 12.5 Å². The van der Waals surface area contributed by atoms with Crippen molar-refractivity contribution in [3.63, 3.8) is 0 Å². The maximum atomic E-state index is 4.21. The normalized spacial score (nSPS) is 17.8. The molecule has 1 N–H and O–H groups in total. The molecule has 1 aliphatic rings. The fourth-order valence-electron chi connectivity index (χ4n) is 2.31. The topological polar surface area (TPSA) is 29.9 Å². The lowest BCUT2D eigenvalue weighted by Crippen LogP contribution is -2.26. The first kappa shape index (κ1) is 10.7. The molecule has 0 atom stereocenters. The van der Waals surface area contributed by atoms with Crippen molar-refractivity contribution in [3.05, 3.63) is 18.2 Å². The van der Waals surface area contributed by atoms with Crippen LogP contribution in [0, 0.1) is 0 Å². The summed E-state index contributed by atoms with van der Waals surface area (Å²) < 4.78 is 2.24. The summed E-state index contributed by atoms with van der Waals surface area (Å²) in [7, 11) is 0. The lowest BCUT2D eigenvalue weighted by Gasteiger charge is -2.15. The van der Waals surface area contributed by atoms with Crippen molar-refractivity contribution in [2.24, 2.45) is 0 Å². The van der Waals surface area contributed by atoms with Gasteiger partial charge >= 0.3 is 0 Å². The monoisotopic (exact) mass is 207 g/mol. The van der Waals surface area contributed by atoms with Crippen LogP contribution in [0.25, 0.3) is 0 Å². The van der Waals surface area contributed by atoms with Gasteiger partial charge in [-0.3, -0.25) is 0 Å². The first-order valence-corrected chi connectivity index (χ1v) is 6.01. The van der Waals surface area contributed by atoms with Crippen molar-refractivity contribution in [2.45, 2.75) is 58.2 Å². The Hall–Kier alpha value is -0.830. The molecule has 15 heavy (non-hydrogen) atoms. The van der Waals surface area contributed by atoms with Gasteiger partial charge in [-0.1, -0.05) is 12.8 Å². The van der Waals surface area contributed by atoms with Crippen molar-refractivity contribution in [1.29, 1.82) is 0 Å². The van der Waals surface area contributed by atoms with Gasteiger partial charge in [-0.15, -0.1) is 0 Å². The van der Waals surface area contributed by atoms with E-state index in [1.54, 1.807) is 0 Å². The summed E-state index contributed by atoms with van der Waals surface area (Å²) in [5.74, 6) is 0. The minimum absolute atomic E-state index is 0.507. The van der Waals surface area contributed by atoms with E-state index in [4.69, 9.17) is 0 Å². The predicted molar refractivity (Wildman–Crippen MR) is 61.7 cm³/mol. The molecule has 0 amide bonds. The highest BCUT2D eigenvalue weighted by molar-refractivity contribution is 4.99. The first-order valence-electron chi connectivity index (χ1n) is 6.01. The number of hydrogen-bond donors (Lipinski definition) is 1. The van der Waals surface area contributed by atoms with E-state index in [0.717, 1.165) is 12.6 Å². The van der Waals surface area contributed by atoms with E-state index >= 15 is 0 Å². The minimum atomic E-state index is 0.507. The fraction of sp³-hybridized carbons (Fsp3) is 0.750. The van der Waals surface area contributed by atoms with Crippen LogP contribution >= 0.6 is 0 Å². The number of rotatable bonds is 4. The Morgan fingerprint density at radius 2 is 2.20 bits per heavy atom. The second-order valence-electron chi connectivity index (χ2n) is 4.75. The molecule has 1 heterocycles. The lowest BCUT2D eigenvalue weighted by atomic mass is 10.2. The van der Waals surface area contributed by atoms with Gasteiger partial charge in [0.25, 0.3) is 0 Å². The zero-order valence-electron chi connectivity index (χ0n) is 9.74. The third kappa shape index (κ3) is 2.59. The Bertz CT molecular complexity index is 298. The second-order valence-corrected chi connectivity index (χ2v) is 4.75. The predicted octanol–water partition coefficient (Wildman–Crippen LogP) is 2.50. The number of aromatic nitrogens is 2. The van der Waals surface area contributed by atoms with E-state index in [2.05, 4.69) is 28.7 Å². The third-order valence-corrected chi connectivity index (χ3v) is 3.23. The Balaban J connectivity index is 1.89. The number of imidazole rings is 1. The van der Waals surface area contributed by atoms with E-state index in [1.165, 1.54) is 31.4 Å². The highest BCUT2D eigenvalue weighted by Crippen LogP contribution is 2.18. The molecule has 0 unspecified atom stereocenters. The molecular weight excluding hydrogens is 186 g/mol. The zero-order valence-corrected chi connectivity index (χ0v) is 9.74.